The zero-order valence-corrected chi connectivity index (χ0v) is 17.5. The maximum atomic E-state index is 4.14. The molecular weight excluding hydrogens is 360 g/mol. The Bertz CT molecular complexity index is 556. The van der Waals surface area contributed by atoms with Crippen LogP contribution in [-0.2, 0) is 0 Å². The number of likely N-dealkylation sites (tertiary alicyclic amines) is 2. The van der Waals surface area contributed by atoms with Crippen LogP contribution < -0.4 is 0 Å². The summed E-state index contributed by atoms with van der Waals surface area (Å²) in [5.41, 5.74) is 2.72. The van der Waals surface area contributed by atoms with Gasteiger partial charge in [-0.1, -0.05) is 12.1 Å². The van der Waals surface area contributed by atoms with Gasteiger partial charge in [0.25, 0.3) is 0 Å². The summed E-state index contributed by atoms with van der Waals surface area (Å²) in [4.78, 5) is 13.1. The van der Waals surface area contributed by atoms with Crippen LogP contribution in [0.3, 0.4) is 0 Å². The first kappa shape index (κ1) is 21.2. The van der Waals surface area contributed by atoms with E-state index in [1.807, 2.05) is 36.9 Å². The fraction of sp³-hybridized carbons (Fsp3) is 0.500. The van der Waals surface area contributed by atoms with Crippen molar-refractivity contribution in [3.8, 4) is 0 Å². The summed E-state index contributed by atoms with van der Waals surface area (Å²) < 4.78 is 0. The highest BCUT2D eigenvalue weighted by molar-refractivity contribution is 8.59. The summed E-state index contributed by atoms with van der Waals surface area (Å²) in [6, 6.07) is 9.58. The predicted molar refractivity (Wildman–Crippen MR) is 116 cm³/mol. The molecular formula is C20H30N4S2. The van der Waals surface area contributed by atoms with Gasteiger partial charge in [0.05, 0.1) is 0 Å². The number of hydrogen-bond acceptors (Lipinski definition) is 6. The number of hydrogen-bond donors (Lipinski definition) is 2. The summed E-state index contributed by atoms with van der Waals surface area (Å²) in [5.74, 6) is 0. The number of aromatic nitrogens is 2. The lowest BCUT2D eigenvalue weighted by atomic mass is 10.1. The molecule has 0 aliphatic carbocycles. The van der Waals surface area contributed by atoms with Crippen LogP contribution in [0.2, 0.25) is 0 Å². The quantitative estimate of drug-likeness (QED) is 0.586. The first-order chi connectivity index (χ1) is 12.8. The minimum Gasteiger partial charge on any atom is -0.299 e. The van der Waals surface area contributed by atoms with Gasteiger partial charge >= 0.3 is 0 Å². The van der Waals surface area contributed by atoms with Crippen LogP contribution in [0.15, 0.2) is 49.1 Å². The van der Waals surface area contributed by atoms with Gasteiger partial charge in [-0.25, -0.2) is 0 Å². The number of rotatable bonds is 2. The molecule has 0 aromatic carbocycles. The van der Waals surface area contributed by atoms with Gasteiger partial charge in [-0.2, -0.15) is 0 Å². The van der Waals surface area contributed by atoms with Crippen LogP contribution in [0.4, 0.5) is 0 Å². The molecule has 0 N–H and O–H groups in total. The molecule has 0 spiro atoms. The second-order valence-electron chi connectivity index (χ2n) is 6.85. The van der Waals surface area contributed by atoms with E-state index in [0.717, 1.165) is 0 Å². The minimum atomic E-state index is 0.610. The average molecular weight is 391 g/mol. The molecule has 26 heavy (non-hydrogen) atoms. The van der Waals surface area contributed by atoms with Gasteiger partial charge in [-0.15, -0.1) is 23.3 Å². The normalized spacial score (nSPS) is 22.9. The molecule has 0 saturated carbocycles. The highest BCUT2D eigenvalue weighted by atomic mass is 33.1. The van der Waals surface area contributed by atoms with Gasteiger partial charge in [0.2, 0.25) is 0 Å². The SMILES string of the molecule is CN1CCCC1c1cccnc1.CN1CCCC1c1cccnc1.SS. The molecule has 4 rings (SSSR count). The van der Waals surface area contributed by atoms with Crippen LogP contribution in [0, 0.1) is 0 Å². The fourth-order valence-corrected chi connectivity index (χ4v) is 3.81. The molecule has 0 amide bonds. The Morgan fingerprint density at radius 2 is 1.23 bits per heavy atom. The molecule has 142 valence electrons. The molecule has 4 heterocycles. The molecule has 6 heteroatoms. The molecule has 2 fully saturated rings. The van der Waals surface area contributed by atoms with Gasteiger partial charge in [0.1, 0.15) is 0 Å². The predicted octanol–water partition coefficient (Wildman–Crippen LogP) is 4.46. The summed E-state index contributed by atoms with van der Waals surface area (Å²) in [7, 11) is 4.37. The lowest BCUT2D eigenvalue weighted by Gasteiger charge is -2.18. The van der Waals surface area contributed by atoms with Gasteiger partial charge < -0.3 is 0 Å². The highest BCUT2D eigenvalue weighted by Gasteiger charge is 2.22. The smallest absolute Gasteiger partial charge is 0.0360 e. The highest BCUT2D eigenvalue weighted by Crippen LogP contribution is 2.30. The van der Waals surface area contributed by atoms with Crippen molar-refractivity contribution < 1.29 is 0 Å². The number of thiol groups is 2. The zero-order chi connectivity index (χ0) is 18.8. The molecule has 2 aliphatic heterocycles. The van der Waals surface area contributed by atoms with E-state index in [2.05, 4.69) is 69.3 Å². The molecule has 2 atom stereocenters. The zero-order valence-electron chi connectivity index (χ0n) is 15.7. The standard InChI is InChI=1S/2C10H14N2.H2S2/c2*1-12-7-3-5-10(12)9-4-2-6-11-8-9;1-2/h2*2,4,6,8,10H,3,5,7H2,1H3;1-2H. The van der Waals surface area contributed by atoms with Crippen molar-refractivity contribution in [2.24, 2.45) is 0 Å². The molecule has 0 radical (unpaired) electrons. The number of pyridine rings is 2. The first-order valence-corrected chi connectivity index (χ1v) is 10.8. The Morgan fingerprint density at radius 3 is 1.50 bits per heavy atom. The van der Waals surface area contributed by atoms with E-state index in [9.17, 15) is 0 Å². The van der Waals surface area contributed by atoms with Crippen LogP contribution in [0.25, 0.3) is 0 Å². The molecule has 2 aromatic heterocycles. The lowest BCUT2D eigenvalue weighted by molar-refractivity contribution is 0.317. The van der Waals surface area contributed by atoms with E-state index in [-0.39, 0.29) is 0 Å². The molecule has 4 nitrogen and oxygen atoms in total. The van der Waals surface area contributed by atoms with E-state index in [1.165, 1.54) is 49.9 Å². The van der Waals surface area contributed by atoms with Gasteiger partial charge in [0.15, 0.2) is 0 Å². The van der Waals surface area contributed by atoms with E-state index in [0.29, 0.717) is 12.1 Å². The third kappa shape index (κ3) is 5.98. The summed E-state index contributed by atoms with van der Waals surface area (Å²) >= 11 is 6.44. The Balaban J connectivity index is 0.000000171. The Morgan fingerprint density at radius 1 is 0.808 bits per heavy atom. The average Bonchev–Trinajstić information content (AvgIpc) is 3.33. The van der Waals surface area contributed by atoms with E-state index in [4.69, 9.17) is 0 Å². The third-order valence-corrected chi connectivity index (χ3v) is 5.18. The Labute approximate surface area is 168 Å². The van der Waals surface area contributed by atoms with Gasteiger partial charge in [-0.05, 0) is 76.1 Å². The maximum absolute atomic E-state index is 4.14. The van der Waals surface area contributed by atoms with E-state index in [1.54, 1.807) is 0 Å². The van der Waals surface area contributed by atoms with Crippen molar-refractivity contribution in [1.82, 2.24) is 19.8 Å². The Hall–Kier alpha value is -1.08. The van der Waals surface area contributed by atoms with Crippen molar-refractivity contribution in [3.05, 3.63) is 60.2 Å². The summed E-state index contributed by atoms with van der Waals surface area (Å²) in [6.45, 7) is 2.44. The van der Waals surface area contributed by atoms with Crippen molar-refractivity contribution in [2.75, 3.05) is 27.2 Å². The molecule has 2 saturated heterocycles. The summed E-state index contributed by atoms with van der Waals surface area (Å²) in [5, 5.41) is 0. The van der Waals surface area contributed by atoms with Gasteiger partial charge in [-0.3, -0.25) is 19.8 Å². The molecule has 2 aliphatic rings. The second kappa shape index (κ2) is 11.6. The monoisotopic (exact) mass is 390 g/mol. The number of nitrogens with zero attached hydrogens (tertiary/aromatic N) is 4. The van der Waals surface area contributed by atoms with Crippen LogP contribution >= 0.6 is 23.3 Å². The molecule has 2 unspecified atom stereocenters. The topological polar surface area (TPSA) is 32.3 Å². The second-order valence-corrected chi connectivity index (χ2v) is 6.85. The first-order valence-electron chi connectivity index (χ1n) is 9.16. The van der Waals surface area contributed by atoms with Crippen LogP contribution in [0.5, 0.6) is 0 Å². The van der Waals surface area contributed by atoms with Crippen LogP contribution in [0.1, 0.15) is 48.9 Å². The van der Waals surface area contributed by atoms with E-state index < -0.39 is 0 Å². The van der Waals surface area contributed by atoms with Crippen molar-refractivity contribution in [1.29, 1.82) is 0 Å². The lowest BCUT2D eigenvalue weighted by Crippen LogP contribution is -2.17. The third-order valence-electron chi connectivity index (χ3n) is 5.18. The molecule has 2 aromatic rings. The molecule has 0 bridgehead atoms. The fourth-order valence-electron chi connectivity index (χ4n) is 3.81. The van der Waals surface area contributed by atoms with Gasteiger partial charge in [0, 0.05) is 36.9 Å². The van der Waals surface area contributed by atoms with E-state index >= 15 is 0 Å². The Kier molecular flexibility index (Phi) is 9.46. The van der Waals surface area contributed by atoms with Crippen molar-refractivity contribution in [3.63, 3.8) is 0 Å². The minimum absolute atomic E-state index is 0.610. The summed E-state index contributed by atoms with van der Waals surface area (Å²) in [6.07, 6.45) is 12.8. The maximum Gasteiger partial charge on any atom is 0.0360 e. The van der Waals surface area contributed by atoms with Crippen LogP contribution in [-0.4, -0.2) is 47.0 Å². The van der Waals surface area contributed by atoms with Crippen molar-refractivity contribution in [2.45, 2.75) is 37.8 Å². The largest absolute Gasteiger partial charge is 0.299 e. The van der Waals surface area contributed by atoms with Crippen molar-refractivity contribution >= 4 is 23.3 Å².